The van der Waals surface area contributed by atoms with Crippen molar-refractivity contribution in [2.75, 3.05) is 26.1 Å². The van der Waals surface area contributed by atoms with Crippen LogP contribution in [0.2, 0.25) is 0 Å². The molecule has 0 aliphatic rings. The van der Waals surface area contributed by atoms with Crippen LogP contribution in [0, 0.1) is 0 Å². The third-order valence-corrected chi connectivity index (χ3v) is 4.45. The maximum Gasteiger partial charge on any atom is 0.338 e. The Labute approximate surface area is 176 Å². The number of methoxy groups -OCH3 is 2. The van der Waals surface area contributed by atoms with Crippen LogP contribution in [0.15, 0.2) is 42.5 Å². The number of amides is 1. The van der Waals surface area contributed by atoms with E-state index < -0.39 is 12.6 Å². The molecule has 0 radical (unpaired) electrons. The number of ether oxygens (including phenoxy) is 3. The Morgan fingerprint density at radius 1 is 0.867 bits per heavy atom. The number of ketones is 1. The van der Waals surface area contributed by atoms with E-state index >= 15 is 0 Å². The zero-order valence-electron chi connectivity index (χ0n) is 17.5. The summed E-state index contributed by atoms with van der Waals surface area (Å²) in [6.07, 6.45) is 3.40. The highest BCUT2D eigenvalue weighted by molar-refractivity contribution is 6.00. The Kier molecular flexibility index (Phi) is 8.87. The van der Waals surface area contributed by atoms with Crippen molar-refractivity contribution < 1.29 is 28.6 Å². The minimum Gasteiger partial charge on any atom is -0.493 e. The van der Waals surface area contributed by atoms with Gasteiger partial charge in [0.1, 0.15) is 0 Å². The SMILES string of the molecule is CCCCCC(=O)Nc1ccc(C(=O)COC(=O)c2ccc(OC)c(OC)c2)cc1. The quantitative estimate of drug-likeness (QED) is 0.336. The summed E-state index contributed by atoms with van der Waals surface area (Å²) in [6.45, 7) is 1.69. The highest BCUT2D eigenvalue weighted by atomic mass is 16.5. The predicted molar refractivity (Wildman–Crippen MR) is 113 cm³/mol. The van der Waals surface area contributed by atoms with Crippen LogP contribution in [0.3, 0.4) is 0 Å². The molecular weight excluding hydrogens is 386 g/mol. The maximum absolute atomic E-state index is 12.3. The topological polar surface area (TPSA) is 90.9 Å². The minimum absolute atomic E-state index is 0.0497. The van der Waals surface area contributed by atoms with Crippen molar-refractivity contribution >= 4 is 23.3 Å². The number of carbonyl (C=O) groups is 3. The Bertz CT molecular complexity index is 876. The van der Waals surface area contributed by atoms with Gasteiger partial charge in [-0.1, -0.05) is 19.8 Å². The monoisotopic (exact) mass is 413 g/mol. The van der Waals surface area contributed by atoms with Crippen LogP contribution < -0.4 is 14.8 Å². The van der Waals surface area contributed by atoms with Gasteiger partial charge in [-0.15, -0.1) is 0 Å². The summed E-state index contributed by atoms with van der Waals surface area (Å²) in [5, 5.41) is 2.80. The standard InChI is InChI=1S/C23H27NO6/c1-4-5-6-7-22(26)24-18-11-8-16(9-12-18)19(25)15-30-23(27)17-10-13-20(28-2)21(14-17)29-3/h8-14H,4-7,15H2,1-3H3,(H,24,26). The van der Waals surface area contributed by atoms with E-state index in [-0.39, 0.29) is 17.3 Å². The molecule has 0 spiro atoms. The molecule has 7 heteroatoms. The lowest BCUT2D eigenvalue weighted by Crippen LogP contribution is -2.15. The first-order valence-electron chi connectivity index (χ1n) is 9.80. The van der Waals surface area contributed by atoms with Gasteiger partial charge in [0.15, 0.2) is 23.9 Å². The number of nitrogens with one attached hydrogen (secondary N) is 1. The second-order valence-corrected chi connectivity index (χ2v) is 6.65. The zero-order valence-corrected chi connectivity index (χ0v) is 17.5. The second kappa shape index (κ2) is 11.6. The lowest BCUT2D eigenvalue weighted by Gasteiger charge is -2.10. The zero-order chi connectivity index (χ0) is 21.9. The van der Waals surface area contributed by atoms with Crippen molar-refractivity contribution in [2.45, 2.75) is 32.6 Å². The van der Waals surface area contributed by atoms with Crippen molar-refractivity contribution in [2.24, 2.45) is 0 Å². The van der Waals surface area contributed by atoms with Crippen LogP contribution in [0.4, 0.5) is 5.69 Å². The van der Waals surface area contributed by atoms with Crippen LogP contribution in [0.25, 0.3) is 0 Å². The van der Waals surface area contributed by atoms with Crippen molar-refractivity contribution in [1.29, 1.82) is 0 Å². The van der Waals surface area contributed by atoms with Gasteiger partial charge in [-0.25, -0.2) is 4.79 Å². The molecule has 0 saturated heterocycles. The number of hydrogen-bond acceptors (Lipinski definition) is 6. The van der Waals surface area contributed by atoms with E-state index in [1.54, 1.807) is 30.3 Å². The molecule has 1 N–H and O–H groups in total. The number of unbranched alkanes of at least 4 members (excludes halogenated alkanes) is 2. The van der Waals surface area contributed by atoms with Gasteiger partial charge in [-0.2, -0.15) is 0 Å². The number of Topliss-reactive ketones (excluding diaryl/α,β-unsaturated/α-hetero) is 1. The van der Waals surface area contributed by atoms with E-state index in [0.29, 0.717) is 29.2 Å². The molecule has 0 aliphatic carbocycles. The van der Waals surface area contributed by atoms with Gasteiger partial charge in [-0.3, -0.25) is 9.59 Å². The Balaban J connectivity index is 1.89. The number of carbonyl (C=O) groups excluding carboxylic acids is 3. The van der Waals surface area contributed by atoms with Crippen molar-refractivity contribution in [3.05, 3.63) is 53.6 Å². The van der Waals surface area contributed by atoms with E-state index in [2.05, 4.69) is 12.2 Å². The van der Waals surface area contributed by atoms with Crippen molar-refractivity contribution in [3.8, 4) is 11.5 Å². The fourth-order valence-corrected chi connectivity index (χ4v) is 2.76. The summed E-state index contributed by atoms with van der Waals surface area (Å²) in [4.78, 5) is 36.4. The lowest BCUT2D eigenvalue weighted by molar-refractivity contribution is -0.116. The van der Waals surface area contributed by atoms with Crippen LogP contribution in [-0.2, 0) is 9.53 Å². The molecule has 7 nitrogen and oxygen atoms in total. The smallest absolute Gasteiger partial charge is 0.338 e. The first-order chi connectivity index (χ1) is 14.5. The number of anilines is 1. The van der Waals surface area contributed by atoms with Gasteiger partial charge in [0.25, 0.3) is 0 Å². The van der Waals surface area contributed by atoms with E-state index in [1.165, 1.54) is 26.4 Å². The molecule has 2 aromatic rings. The maximum atomic E-state index is 12.3. The second-order valence-electron chi connectivity index (χ2n) is 6.65. The molecule has 0 unspecified atom stereocenters. The molecule has 2 rings (SSSR count). The summed E-state index contributed by atoms with van der Waals surface area (Å²) in [7, 11) is 2.96. The summed E-state index contributed by atoms with van der Waals surface area (Å²) in [5.74, 6) is -0.149. The largest absolute Gasteiger partial charge is 0.493 e. The van der Waals surface area contributed by atoms with Crippen LogP contribution in [-0.4, -0.2) is 38.5 Å². The molecule has 0 saturated carbocycles. The highest BCUT2D eigenvalue weighted by Gasteiger charge is 2.15. The van der Waals surface area contributed by atoms with Crippen LogP contribution in [0.1, 0.15) is 53.3 Å². The normalized spacial score (nSPS) is 10.2. The number of esters is 1. The van der Waals surface area contributed by atoms with E-state index in [9.17, 15) is 14.4 Å². The summed E-state index contributed by atoms with van der Waals surface area (Å²) in [6, 6.07) is 11.1. The van der Waals surface area contributed by atoms with Crippen molar-refractivity contribution in [1.82, 2.24) is 0 Å². The minimum atomic E-state index is -0.639. The number of benzene rings is 2. The summed E-state index contributed by atoms with van der Waals surface area (Å²) >= 11 is 0. The molecular formula is C23H27NO6. The number of hydrogen-bond donors (Lipinski definition) is 1. The highest BCUT2D eigenvalue weighted by Crippen LogP contribution is 2.27. The first kappa shape index (κ1) is 22.9. The fraction of sp³-hybridized carbons (Fsp3) is 0.348. The predicted octanol–water partition coefficient (Wildman–Crippen LogP) is 4.26. The van der Waals surface area contributed by atoms with Crippen LogP contribution in [0.5, 0.6) is 11.5 Å². The van der Waals surface area contributed by atoms with Gasteiger partial charge in [0, 0.05) is 17.7 Å². The third kappa shape index (κ3) is 6.62. The molecule has 0 fully saturated rings. The molecule has 0 bridgehead atoms. The molecule has 0 aliphatic heterocycles. The molecule has 1 amide bonds. The van der Waals surface area contributed by atoms with Gasteiger partial charge in [0.2, 0.25) is 5.91 Å². The Morgan fingerprint density at radius 2 is 1.53 bits per heavy atom. The van der Waals surface area contributed by atoms with E-state index in [0.717, 1.165) is 19.3 Å². The molecule has 160 valence electrons. The fourth-order valence-electron chi connectivity index (χ4n) is 2.76. The lowest BCUT2D eigenvalue weighted by atomic mass is 10.1. The van der Waals surface area contributed by atoms with Crippen LogP contribution >= 0.6 is 0 Å². The first-order valence-corrected chi connectivity index (χ1v) is 9.80. The molecule has 0 atom stereocenters. The molecule has 2 aromatic carbocycles. The Morgan fingerprint density at radius 3 is 2.17 bits per heavy atom. The molecule has 0 aromatic heterocycles. The van der Waals surface area contributed by atoms with E-state index in [4.69, 9.17) is 14.2 Å². The van der Waals surface area contributed by atoms with Gasteiger partial charge in [-0.05, 0) is 48.9 Å². The van der Waals surface area contributed by atoms with Gasteiger partial charge in [0.05, 0.1) is 19.8 Å². The van der Waals surface area contributed by atoms with Gasteiger partial charge >= 0.3 is 5.97 Å². The molecule has 0 heterocycles. The van der Waals surface area contributed by atoms with Crippen molar-refractivity contribution in [3.63, 3.8) is 0 Å². The van der Waals surface area contributed by atoms with E-state index in [1.807, 2.05) is 0 Å². The van der Waals surface area contributed by atoms with Gasteiger partial charge < -0.3 is 19.5 Å². The average molecular weight is 413 g/mol. The average Bonchev–Trinajstić information content (AvgIpc) is 2.77. The summed E-state index contributed by atoms with van der Waals surface area (Å²) in [5.41, 5.74) is 1.26. The molecule has 30 heavy (non-hydrogen) atoms. The number of rotatable bonds is 11. The third-order valence-electron chi connectivity index (χ3n) is 4.45. The Hall–Kier alpha value is -3.35. The summed E-state index contributed by atoms with van der Waals surface area (Å²) < 4.78 is 15.4.